The molecule has 0 fully saturated rings. The van der Waals surface area contributed by atoms with Crippen molar-refractivity contribution in [3.8, 4) is 0 Å². The van der Waals surface area contributed by atoms with Crippen LogP contribution in [-0.4, -0.2) is 18.0 Å². The first-order valence-electron chi connectivity index (χ1n) is 6.19. The Kier molecular flexibility index (Phi) is 3.18. The summed E-state index contributed by atoms with van der Waals surface area (Å²) in [5, 5.41) is 0.658. The molecule has 3 heteroatoms. The van der Waals surface area contributed by atoms with E-state index in [0.29, 0.717) is 18.0 Å². The van der Waals surface area contributed by atoms with E-state index in [9.17, 15) is 4.79 Å². The van der Waals surface area contributed by atoms with Crippen molar-refractivity contribution in [1.29, 1.82) is 0 Å². The minimum absolute atomic E-state index is 0.140. The molecular formula is C16H12ClNO. The largest absolute Gasteiger partial charge is 0.294 e. The molecule has 19 heavy (non-hydrogen) atoms. The van der Waals surface area contributed by atoms with Crippen LogP contribution in [0, 0.1) is 0 Å². The van der Waals surface area contributed by atoms with Crippen molar-refractivity contribution in [2.24, 2.45) is 4.99 Å². The van der Waals surface area contributed by atoms with E-state index in [-0.39, 0.29) is 5.78 Å². The van der Waals surface area contributed by atoms with Crippen molar-refractivity contribution < 1.29 is 4.79 Å². The predicted octanol–water partition coefficient (Wildman–Crippen LogP) is 3.76. The summed E-state index contributed by atoms with van der Waals surface area (Å²) in [6, 6.07) is 15.2. The van der Waals surface area contributed by atoms with Gasteiger partial charge in [0.15, 0.2) is 5.78 Å². The fourth-order valence-electron chi connectivity index (χ4n) is 2.31. The monoisotopic (exact) mass is 269 g/mol. The summed E-state index contributed by atoms with van der Waals surface area (Å²) in [5.74, 6) is 0.140. The average Bonchev–Trinajstić information content (AvgIpc) is 2.60. The van der Waals surface area contributed by atoms with Crippen molar-refractivity contribution in [2.45, 2.75) is 6.42 Å². The first-order valence-corrected chi connectivity index (χ1v) is 6.57. The summed E-state index contributed by atoms with van der Waals surface area (Å²) in [6.45, 7) is 0.508. The van der Waals surface area contributed by atoms with E-state index >= 15 is 0 Å². The molecule has 1 aliphatic rings. The molecule has 94 valence electrons. The Hall–Kier alpha value is -1.93. The van der Waals surface area contributed by atoms with Crippen molar-refractivity contribution >= 4 is 23.1 Å². The molecule has 0 saturated carbocycles. The molecule has 2 nitrogen and oxygen atoms in total. The van der Waals surface area contributed by atoms with Crippen LogP contribution in [0.1, 0.15) is 27.9 Å². The molecule has 3 rings (SSSR count). The lowest BCUT2D eigenvalue weighted by atomic mass is 9.95. The number of rotatable bonds is 1. The van der Waals surface area contributed by atoms with Crippen LogP contribution >= 0.6 is 11.6 Å². The Morgan fingerprint density at radius 3 is 2.26 bits per heavy atom. The second kappa shape index (κ2) is 4.98. The van der Waals surface area contributed by atoms with Gasteiger partial charge >= 0.3 is 0 Å². The minimum atomic E-state index is 0.140. The number of nitrogens with zero attached hydrogens (tertiary/aromatic N) is 1. The van der Waals surface area contributed by atoms with Gasteiger partial charge in [0.1, 0.15) is 0 Å². The van der Waals surface area contributed by atoms with Gasteiger partial charge in [-0.25, -0.2) is 0 Å². The van der Waals surface area contributed by atoms with Gasteiger partial charge in [0, 0.05) is 34.7 Å². The summed E-state index contributed by atoms with van der Waals surface area (Å²) >= 11 is 6.25. The van der Waals surface area contributed by atoms with Crippen LogP contribution in [0.4, 0.5) is 0 Å². The standard InChI is InChI=1S/C16H12ClNO/c17-14-8-4-3-7-13(14)16-12-6-2-1-5-11(12)15(19)9-10-18-16/h1-8H,9-10H2. The summed E-state index contributed by atoms with van der Waals surface area (Å²) in [5.41, 5.74) is 3.30. The zero-order valence-corrected chi connectivity index (χ0v) is 11.0. The second-order valence-electron chi connectivity index (χ2n) is 4.43. The van der Waals surface area contributed by atoms with Crippen molar-refractivity contribution in [3.05, 3.63) is 70.2 Å². The number of hydrogen-bond acceptors (Lipinski definition) is 2. The van der Waals surface area contributed by atoms with Gasteiger partial charge in [-0.3, -0.25) is 9.79 Å². The van der Waals surface area contributed by atoms with Crippen LogP contribution in [0.2, 0.25) is 5.02 Å². The molecule has 1 aliphatic heterocycles. The average molecular weight is 270 g/mol. The lowest BCUT2D eigenvalue weighted by Crippen LogP contribution is -2.08. The van der Waals surface area contributed by atoms with Gasteiger partial charge in [0.2, 0.25) is 0 Å². The number of carbonyl (C=O) groups is 1. The fourth-order valence-corrected chi connectivity index (χ4v) is 2.53. The highest BCUT2D eigenvalue weighted by Gasteiger charge is 2.20. The smallest absolute Gasteiger partial charge is 0.165 e. The van der Waals surface area contributed by atoms with Gasteiger partial charge in [0.25, 0.3) is 0 Å². The quantitative estimate of drug-likeness (QED) is 0.775. The van der Waals surface area contributed by atoms with Crippen molar-refractivity contribution in [2.75, 3.05) is 6.54 Å². The summed E-state index contributed by atoms with van der Waals surface area (Å²) in [4.78, 5) is 16.6. The third kappa shape index (κ3) is 2.20. The molecule has 2 aromatic carbocycles. The van der Waals surface area contributed by atoms with Crippen LogP contribution in [0.3, 0.4) is 0 Å². The molecule has 0 atom stereocenters. The Morgan fingerprint density at radius 1 is 0.895 bits per heavy atom. The van der Waals surface area contributed by atoms with E-state index in [4.69, 9.17) is 11.6 Å². The maximum absolute atomic E-state index is 12.1. The van der Waals surface area contributed by atoms with Crippen LogP contribution in [0.15, 0.2) is 53.5 Å². The number of halogens is 1. The number of aliphatic imine (C=N–C) groups is 1. The Labute approximate surface area is 116 Å². The second-order valence-corrected chi connectivity index (χ2v) is 4.84. The summed E-state index contributed by atoms with van der Waals surface area (Å²) in [7, 11) is 0. The first kappa shape index (κ1) is 12.1. The fraction of sp³-hybridized carbons (Fsp3) is 0.125. The zero-order valence-electron chi connectivity index (χ0n) is 10.3. The van der Waals surface area contributed by atoms with E-state index in [0.717, 1.165) is 22.4 Å². The number of benzene rings is 2. The summed E-state index contributed by atoms with van der Waals surface area (Å²) in [6.07, 6.45) is 0.449. The predicted molar refractivity (Wildman–Crippen MR) is 77.3 cm³/mol. The SMILES string of the molecule is O=C1CCN=C(c2ccccc2Cl)c2ccccc21. The molecule has 0 spiro atoms. The highest BCUT2D eigenvalue weighted by atomic mass is 35.5. The molecule has 1 heterocycles. The number of fused-ring (bicyclic) bond motifs is 1. The normalized spacial score (nSPS) is 14.6. The third-order valence-corrected chi connectivity index (χ3v) is 3.55. The topological polar surface area (TPSA) is 29.4 Å². The lowest BCUT2D eigenvalue weighted by Gasteiger charge is -2.10. The number of ketones is 1. The molecule has 2 aromatic rings. The van der Waals surface area contributed by atoms with E-state index in [1.54, 1.807) is 0 Å². The Balaban J connectivity index is 2.22. The van der Waals surface area contributed by atoms with Gasteiger partial charge < -0.3 is 0 Å². The molecule has 0 aromatic heterocycles. The highest BCUT2D eigenvalue weighted by molar-refractivity contribution is 6.36. The van der Waals surface area contributed by atoms with E-state index in [1.165, 1.54) is 0 Å². The van der Waals surface area contributed by atoms with E-state index in [1.807, 2.05) is 48.5 Å². The Morgan fingerprint density at radius 2 is 1.53 bits per heavy atom. The molecule has 0 aliphatic carbocycles. The van der Waals surface area contributed by atoms with Crippen LogP contribution < -0.4 is 0 Å². The molecule has 0 unspecified atom stereocenters. The molecule has 0 bridgehead atoms. The highest BCUT2D eigenvalue weighted by Crippen LogP contribution is 2.24. The van der Waals surface area contributed by atoms with Crippen LogP contribution in [0.5, 0.6) is 0 Å². The third-order valence-electron chi connectivity index (χ3n) is 3.22. The summed E-state index contributed by atoms with van der Waals surface area (Å²) < 4.78 is 0. The van der Waals surface area contributed by atoms with Gasteiger partial charge in [-0.05, 0) is 6.07 Å². The maximum atomic E-state index is 12.1. The van der Waals surface area contributed by atoms with Crippen LogP contribution in [-0.2, 0) is 0 Å². The molecular weight excluding hydrogens is 258 g/mol. The number of Topliss-reactive ketones (excluding diaryl/α,β-unsaturated/α-hetero) is 1. The van der Waals surface area contributed by atoms with Gasteiger partial charge in [-0.2, -0.15) is 0 Å². The number of carbonyl (C=O) groups excluding carboxylic acids is 1. The van der Waals surface area contributed by atoms with Gasteiger partial charge in [-0.15, -0.1) is 0 Å². The minimum Gasteiger partial charge on any atom is -0.294 e. The lowest BCUT2D eigenvalue weighted by molar-refractivity contribution is 0.0986. The molecule has 0 saturated heterocycles. The van der Waals surface area contributed by atoms with Crippen molar-refractivity contribution in [3.63, 3.8) is 0 Å². The van der Waals surface area contributed by atoms with E-state index in [2.05, 4.69) is 4.99 Å². The Bertz CT molecular complexity index is 676. The zero-order chi connectivity index (χ0) is 13.2. The molecule has 0 N–H and O–H groups in total. The van der Waals surface area contributed by atoms with Gasteiger partial charge in [-0.1, -0.05) is 54.1 Å². The molecule has 0 amide bonds. The molecule has 0 radical (unpaired) electrons. The maximum Gasteiger partial charge on any atom is 0.165 e. The van der Waals surface area contributed by atoms with Crippen molar-refractivity contribution in [1.82, 2.24) is 0 Å². The first-order chi connectivity index (χ1) is 9.27. The van der Waals surface area contributed by atoms with E-state index < -0.39 is 0 Å². The van der Waals surface area contributed by atoms with Gasteiger partial charge in [0.05, 0.1) is 5.71 Å². The number of hydrogen-bond donors (Lipinski definition) is 0. The van der Waals surface area contributed by atoms with Crippen LogP contribution in [0.25, 0.3) is 0 Å².